The van der Waals surface area contributed by atoms with Gasteiger partial charge in [-0.15, -0.1) is 0 Å². The van der Waals surface area contributed by atoms with Crippen molar-refractivity contribution >= 4 is 11.8 Å². The van der Waals surface area contributed by atoms with E-state index in [0.717, 1.165) is 12.8 Å². The highest BCUT2D eigenvalue weighted by atomic mass is 16.3. The van der Waals surface area contributed by atoms with E-state index in [1.54, 1.807) is 21.9 Å². The van der Waals surface area contributed by atoms with E-state index in [9.17, 15) is 14.7 Å². The number of phenols is 1. The van der Waals surface area contributed by atoms with Gasteiger partial charge in [-0.3, -0.25) is 9.59 Å². The summed E-state index contributed by atoms with van der Waals surface area (Å²) in [4.78, 5) is 27.9. The molecule has 2 amide bonds. The zero-order valence-corrected chi connectivity index (χ0v) is 11.8. The lowest BCUT2D eigenvalue weighted by molar-refractivity contribution is -0.135. The third-order valence-corrected chi connectivity index (χ3v) is 4.18. The first-order chi connectivity index (χ1) is 9.99. The predicted octanol–water partition coefficient (Wildman–Crippen LogP) is 0.168. The van der Waals surface area contributed by atoms with E-state index in [2.05, 4.69) is 0 Å². The first-order valence-corrected chi connectivity index (χ1v) is 7.16. The summed E-state index contributed by atoms with van der Waals surface area (Å²) in [5.41, 5.74) is 5.84. The number of carbonyl (C=O) groups excluding carboxylic acids is 2. The topological polar surface area (TPSA) is 86.9 Å². The van der Waals surface area contributed by atoms with Gasteiger partial charge in [0.25, 0.3) is 5.91 Å². The molecule has 1 aromatic rings. The number of amides is 2. The lowest BCUT2D eigenvalue weighted by Gasteiger charge is -2.36. The average Bonchev–Trinajstić information content (AvgIpc) is 3.26. The number of aromatic hydroxyl groups is 1. The molecule has 2 aliphatic rings. The molecule has 0 radical (unpaired) electrons. The molecule has 6 heteroatoms. The van der Waals surface area contributed by atoms with Crippen LogP contribution in [0.5, 0.6) is 5.75 Å². The second-order valence-electron chi connectivity index (χ2n) is 5.79. The summed E-state index contributed by atoms with van der Waals surface area (Å²) in [6.45, 7) is 2.09. The molecule has 0 atom stereocenters. The average molecular weight is 289 g/mol. The Bertz CT molecular complexity index is 558. The van der Waals surface area contributed by atoms with Crippen molar-refractivity contribution in [2.45, 2.75) is 18.4 Å². The van der Waals surface area contributed by atoms with Crippen LogP contribution in [0.3, 0.4) is 0 Å². The largest absolute Gasteiger partial charge is 0.508 e. The zero-order chi connectivity index (χ0) is 15.0. The first-order valence-electron chi connectivity index (χ1n) is 7.16. The van der Waals surface area contributed by atoms with Gasteiger partial charge in [-0.25, -0.2) is 0 Å². The quantitative estimate of drug-likeness (QED) is 0.812. The minimum absolute atomic E-state index is 0.0132. The minimum Gasteiger partial charge on any atom is -0.508 e. The minimum atomic E-state index is -0.636. The van der Waals surface area contributed by atoms with Crippen LogP contribution in [-0.2, 0) is 4.79 Å². The molecule has 1 aliphatic carbocycles. The first kappa shape index (κ1) is 13.9. The normalized spacial score (nSPS) is 20.2. The SMILES string of the molecule is NC1(C(=O)N2CCN(C(=O)c3ccc(O)cc3)CC2)CC1. The fourth-order valence-electron chi connectivity index (χ4n) is 2.56. The number of carbonyl (C=O) groups is 2. The fourth-order valence-corrected chi connectivity index (χ4v) is 2.56. The third-order valence-electron chi connectivity index (χ3n) is 4.18. The predicted molar refractivity (Wildman–Crippen MR) is 76.7 cm³/mol. The molecule has 3 rings (SSSR count). The van der Waals surface area contributed by atoms with Crippen molar-refractivity contribution in [3.63, 3.8) is 0 Å². The smallest absolute Gasteiger partial charge is 0.253 e. The summed E-state index contributed by atoms with van der Waals surface area (Å²) in [6.07, 6.45) is 1.52. The Labute approximate surface area is 123 Å². The van der Waals surface area contributed by atoms with E-state index in [1.807, 2.05) is 0 Å². The van der Waals surface area contributed by atoms with E-state index in [4.69, 9.17) is 5.73 Å². The third kappa shape index (κ3) is 2.71. The maximum absolute atomic E-state index is 12.3. The number of rotatable bonds is 2. The van der Waals surface area contributed by atoms with Crippen molar-refractivity contribution in [1.29, 1.82) is 0 Å². The maximum atomic E-state index is 12.3. The van der Waals surface area contributed by atoms with Gasteiger partial charge < -0.3 is 20.6 Å². The van der Waals surface area contributed by atoms with E-state index >= 15 is 0 Å². The van der Waals surface area contributed by atoms with Gasteiger partial charge in [0.15, 0.2) is 0 Å². The Morgan fingerprint density at radius 1 is 1.00 bits per heavy atom. The van der Waals surface area contributed by atoms with Crippen LogP contribution in [0.4, 0.5) is 0 Å². The molecule has 0 bridgehead atoms. The highest BCUT2D eigenvalue weighted by Gasteiger charge is 2.48. The molecule has 0 unspecified atom stereocenters. The van der Waals surface area contributed by atoms with Gasteiger partial charge in [-0.2, -0.15) is 0 Å². The monoisotopic (exact) mass is 289 g/mol. The standard InChI is InChI=1S/C15H19N3O3/c16-15(5-6-15)14(21)18-9-7-17(8-10-18)13(20)11-1-3-12(19)4-2-11/h1-4,19H,5-10,16H2. The molecule has 1 heterocycles. The molecule has 1 saturated heterocycles. The van der Waals surface area contributed by atoms with Crippen LogP contribution in [0.2, 0.25) is 0 Å². The maximum Gasteiger partial charge on any atom is 0.253 e. The van der Waals surface area contributed by atoms with Gasteiger partial charge in [-0.05, 0) is 37.1 Å². The Morgan fingerprint density at radius 2 is 1.52 bits per heavy atom. The van der Waals surface area contributed by atoms with Crippen LogP contribution in [0.15, 0.2) is 24.3 Å². The van der Waals surface area contributed by atoms with Crippen molar-refractivity contribution in [3.8, 4) is 5.75 Å². The van der Waals surface area contributed by atoms with Crippen LogP contribution < -0.4 is 5.73 Å². The Hall–Kier alpha value is -2.08. The van der Waals surface area contributed by atoms with Crippen molar-refractivity contribution in [3.05, 3.63) is 29.8 Å². The molecule has 6 nitrogen and oxygen atoms in total. The summed E-state index contributed by atoms with van der Waals surface area (Å²) in [7, 11) is 0. The Morgan fingerprint density at radius 3 is 2.05 bits per heavy atom. The number of nitrogens with zero attached hydrogens (tertiary/aromatic N) is 2. The summed E-state index contributed by atoms with van der Waals surface area (Å²) >= 11 is 0. The lowest BCUT2D eigenvalue weighted by atomic mass is 10.1. The summed E-state index contributed by atoms with van der Waals surface area (Å²) in [5.74, 6) is 0.0786. The molecule has 3 N–H and O–H groups in total. The molecule has 1 aromatic carbocycles. The molecule has 21 heavy (non-hydrogen) atoms. The number of benzene rings is 1. The van der Waals surface area contributed by atoms with Crippen molar-refractivity contribution in [1.82, 2.24) is 9.80 Å². The van der Waals surface area contributed by atoms with Crippen LogP contribution in [-0.4, -0.2) is 58.4 Å². The Kier molecular flexibility index (Phi) is 3.33. The van der Waals surface area contributed by atoms with E-state index < -0.39 is 5.54 Å². The van der Waals surface area contributed by atoms with Gasteiger partial charge >= 0.3 is 0 Å². The molecule has 1 saturated carbocycles. The second kappa shape index (κ2) is 5.04. The number of hydrogen-bond acceptors (Lipinski definition) is 4. The summed E-state index contributed by atoms with van der Waals surface area (Å²) < 4.78 is 0. The molecular formula is C15H19N3O3. The highest BCUT2D eigenvalue weighted by molar-refractivity contribution is 5.94. The van der Waals surface area contributed by atoms with Gasteiger partial charge in [0, 0.05) is 31.7 Å². The van der Waals surface area contributed by atoms with Gasteiger partial charge in [-0.1, -0.05) is 0 Å². The van der Waals surface area contributed by atoms with Gasteiger partial charge in [0.2, 0.25) is 5.91 Å². The summed E-state index contributed by atoms with van der Waals surface area (Å²) in [6, 6.07) is 6.21. The number of piperazine rings is 1. The molecule has 2 fully saturated rings. The molecule has 112 valence electrons. The van der Waals surface area contributed by atoms with Crippen LogP contribution in [0.25, 0.3) is 0 Å². The molecule has 0 aromatic heterocycles. The van der Waals surface area contributed by atoms with Crippen molar-refractivity contribution in [2.24, 2.45) is 5.73 Å². The zero-order valence-electron chi connectivity index (χ0n) is 11.8. The van der Waals surface area contributed by atoms with E-state index in [-0.39, 0.29) is 17.6 Å². The van der Waals surface area contributed by atoms with E-state index in [1.165, 1.54) is 12.1 Å². The number of hydrogen-bond donors (Lipinski definition) is 2. The lowest BCUT2D eigenvalue weighted by Crippen LogP contribution is -2.55. The van der Waals surface area contributed by atoms with Gasteiger partial charge in [0.1, 0.15) is 5.75 Å². The van der Waals surface area contributed by atoms with Crippen molar-refractivity contribution < 1.29 is 14.7 Å². The summed E-state index contributed by atoms with van der Waals surface area (Å²) in [5, 5.41) is 9.25. The fraction of sp³-hybridized carbons (Fsp3) is 0.467. The van der Waals surface area contributed by atoms with Crippen LogP contribution in [0, 0.1) is 0 Å². The van der Waals surface area contributed by atoms with Gasteiger partial charge in [0.05, 0.1) is 5.54 Å². The molecular weight excluding hydrogens is 270 g/mol. The van der Waals surface area contributed by atoms with Crippen LogP contribution in [0.1, 0.15) is 23.2 Å². The Balaban J connectivity index is 1.59. The molecule has 0 spiro atoms. The second-order valence-corrected chi connectivity index (χ2v) is 5.79. The molecule has 1 aliphatic heterocycles. The van der Waals surface area contributed by atoms with Crippen molar-refractivity contribution in [2.75, 3.05) is 26.2 Å². The number of phenolic OH excluding ortho intramolecular Hbond substituents is 1. The highest BCUT2D eigenvalue weighted by Crippen LogP contribution is 2.34. The van der Waals surface area contributed by atoms with E-state index in [0.29, 0.717) is 31.7 Å². The number of nitrogens with two attached hydrogens (primary N) is 1. The van der Waals surface area contributed by atoms with Crippen LogP contribution >= 0.6 is 0 Å².